The highest BCUT2D eigenvalue weighted by atomic mass is 16.5. The van der Waals surface area contributed by atoms with E-state index in [1.807, 2.05) is 6.07 Å². The molecule has 2 atom stereocenters. The van der Waals surface area contributed by atoms with E-state index in [1.54, 1.807) is 32.2 Å². The molecular formula is C17H16O5. The summed E-state index contributed by atoms with van der Waals surface area (Å²) < 4.78 is 17.1. The Kier molecular flexibility index (Phi) is 2.66. The molecule has 2 heterocycles. The zero-order chi connectivity index (χ0) is 15.4. The second-order valence-corrected chi connectivity index (χ2v) is 5.64. The molecule has 22 heavy (non-hydrogen) atoms. The van der Waals surface area contributed by atoms with Gasteiger partial charge in [-0.15, -0.1) is 0 Å². The topological polar surface area (TPSA) is 68.2 Å². The van der Waals surface area contributed by atoms with Crippen molar-refractivity contribution in [3.05, 3.63) is 41.0 Å². The summed E-state index contributed by atoms with van der Waals surface area (Å²) in [5.74, 6) is 2.11. The van der Waals surface area contributed by atoms with Crippen molar-refractivity contribution in [2.75, 3.05) is 13.7 Å². The van der Waals surface area contributed by atoms with Gasteiger partial charge in [0.1, 0.15) is 34.9 Å². The van der Waals surface area contributed by atoms with Gasteiger partial charge in [-0.25, -0.2) is 0 Å². The van der Waals surface area contributed by atoms with Gasteiger partial charge in [0.05, 0.1) is 25.2 Å². The van der Waals surface area contributed by atoms with Gasteiger partial charge in [0, 0.05) is 23.3 Å². The first-order valence-electron chi connectivity index (χ1n) is 7.13. The monoisotopic (exact) mass is 300 g/mol. The van der Waals surface area contributed by atoms with Crippen molar-refractivity contribution in [2.45, 2.75) is 18.9 Å². The Morgan fingerprint density at radius 1 is 1.18 bits per heavy atom. The van der Waals surface area contributed by atoms with Crippen LogP contribution < -0.4 is 14.2 Å². The molecule has 0 spiro atoms. The zero-order valence-corrected chi connectivity index (χ0v) is 12.3. The largest absolute Gasteiger partial charge is 0.508 e. The van der Waals surface area contributed by atoms with E-state index in [9.17, 15) is 10.2 Å². The van der Waals surface area contributed by atoms with Crippen LogP contribution in [-0.4, -0.2) is 23.9 Å². The minimum atomic E-state index is -0.315. The predicted octanol–water partition coefficient (Wildman–Crippen LogP) is 3.02. The van der Waals surface area contributed by atoms with E-state index in [0.717, 1.165) is 5.56 Å². The predicted molar refractivity (Wildman–Crippen MR) is 79.1 cm³/mol. The van der Waals surface area contributed by atoms with Crippen LogP contribution in [0.2, 0.25) is 0 Å². The Hall–Kier alpha value is -2.56. The standard InChI is InChI=1S/C17H16O5/c1-8-12(20-2)6-14-15(16(8)19)17-11(7-21-14)10-4-3-9(18)5-13(10)22-17/h3-6,11,17-19H,7H2,1-2H3/t11-,17+/m0/s1. The fraction of sp³-hybridized carbons (Fsp3) is 0.294. The van der Waals surface area contributed by atoms with E-state index in [1.165, 1.54) is 0 Å². The lowest BCUT2D eigenvalue weighted by Crippen LogP contribution is -2.23. The maximum Gasteiger partial charge on any atom is 0.141 e. The van der Waals surface area contributed by atoms with Crippen LogP contribution in [0.4, 0.5) is 0 Å². The number of rotatable bonds is 1. The number of ether oxygens (including phenoxy) is 3. The van der Waals surface area contributed by atoms with Gasteiger partial charge in [0.2, 0.25) is 0 Å². The fourth-order valence-electron chi connectivity index (χ4n) is 3.28. The van der Waals surface area contributed by atoms with Gasteiger partial charge < -0.3 is 24.4 Å². The molecular weight excluding hydrogens is 284 g/mol. The Morgan fingerprint density at radius 2 is 2.00 bits per heavy atom. The highest BCUT2D eigenvalue weighted by molar-refractivity contribution is 5.60. The molecule has 2 aromatic rings. The van der Waals surface area contributed by atoms with Gasteiger partial charge in [-0.3, -0.25) is 0 Å². The molecule has 0 unspecified atom stereocenters. The van der Waals surface area contributed by atoms with Crippen LogP contribution in [0.5, 0.6) is 28.7 Å². The summed E-state index contributed by atoms with van der Waals surface area (Å²) in [4.78, 5) is 0. The summed E-state index contributed by atoms with van der Waals surface area (Å²) in [6.45, 7) is 2.26. The van der Waals surface area contributed by atoms with Crippen LogP contribution in [0.25, 0.3) is 0 Å². The second-order valence-electron chi connectivity index (χ2n) is 5.64. The lowest BCUT2D eigenvalue weighted by atomic mass is 9.88. The molecule has 114 valence electrons. The number of phenolic OH excluding ortho intramolecular Hbond substituents is 2. The Labute approximate surface area is 127 Å². The molecule has 0 radical (unpaired) electrons. The van der Waals surface area contributed by atoms with Crippen LogP contribution in [-0.2, 0) is 0 Å². The maximum atomic E-state index is 10.5. The van der Waals surface area contributed by atoms with Crippen molar-refractivity contribution in [1.82, 2.24) is 0 Å². The molecule has 0 saturated heterocycles. The molecule has 0 amide bonds. The minimum absolute atomic E-state index is 0.00166. The van der Waals surface area contributed by atoms with Crippen molar-refractivity contribution >= 4 is 0 Å². The van der Waals surface area contributed by atoms with E-state index in [-0.39, 0.29) is 23.5 Å². The summed E-state index contributed by atoms with van der Waals surface area (Å²) >= 11 is 0. The van der Waals surface area contributed by atoms with Gasteiger partial charge in [-0.1, -0.05) is 6.07 Å². The lowest BCUT2D eigenvalue weighted by Gasteiger charge is -2.29. The van der Waals surface area contributed by atoms with Gasteiger partial charge in [0.25, 0.3) is 0 Å². The molecule has 0 fully saturated rings. The van der Waals surface area contributed by atoms with E-state index < -0.39 is 0 Å². The Morgan fingerprint density at radius 3 is 2.77 bits per heavy atom. The molecule has 2 aliphatic rings. The number of hydrogen-bond donors (Lipinski definition) is 2. The molecule has 2 aliphatic heterocycles. The van der Waals surface area contributed by atoms with Gasteiger partial charge in [-0.05, 0) is 13.0 Å². The smallest absolute Gasteiger partial charge is 0.141 e. The molecule has 2 aromatic carbocycles. The van der Waals surface area contributed by atoms with E-state index in [4.69, 9.17) is 14.2 Å². The summed E-state index contributed by atoms with van der Waals surface area (Å²) in [6, 6.07) is 6.86. The second kappa shape index (κ2) is 4.47. The number of methoxy groups -OCH3 is 1. The first-order chi connectivity index (χ1) is 10.6. The van der Waals surface area contributed by atoms with Gasteiger partial charge in [0.15, 0.2) is 0 Å². The highest BCUT2D eigenvalue weighted by Gasteiger charge is 2.43. The normalized spacial score (nSPS) is 21.2. The SMILES string of the molecule is COc1cc2c(c(O)c1C)[C@@H]1Oc3cc(O)ccc3[C@@H]1CO2. The zero-order valence-electron chi connectivity index (χ0n) is 12.3. The number of phenols is 2. The van der Waals surface area contributed by atoms with Crippen molar-refractivity contribution in [1.29, 1.82) is 0 Å². The van der Waals surface area contributed by atoms with Crippen LogP contribution in [0, 0.1) is 6.92 Å². The van der Waals surface area contributed by atoms with E-state index in [2.05, 4.69) is 0 Å². The molecule has 5 nitrogen and oxygen atoms in total. The molecule has 4 rings (SSSR count). The third-order valence-electron chi connectivity index (χ3n) is 4.45. The molecule has 5 heteroatoms. The average molecular weight is 300 g/mol. The number of fused-ring (bicyclic) bond motifs is 5. The summed E-state index contributed by atoms with van der Waals surface area (Å²) in [5, 5.41) is 20.2. The third kappa shape index (κ3) is 1.65. The van der Waals surface area contributed by atoms with Crippen molar-refractivity contribution in [2.24, 2.45) is 0 Å². The van der Waals surface area contributed by atoms with Crippen molar-refractivity contribution in [3.63, 3.8) is 0 Å². The average Bonchev–Trinajstić information content (AvgIpc) is 2.87. The van der Waals surface area contributed by atoms with Crippen LogP contribution in [0.15, 0.2) is 24.3 Å². The third-order valence-corrected chi connectivity index (χ3v) is 4.45. The summed E-state index contributed by atoms with van der Waals surface area (Å²) in [7, 11) is 1.56. The van der Waals surface area contributed by atoms with Crippen LogP contribution in [0.3, 0.4) is 0 Å². The number of hydrogen-bond acceptors (Lipinski definition) is 5. The number of benzene rings is 2. The minimum Gasteiger partial charge on any atom is -0.508 e. The molecule has 2 N–H and O–H groups in total. The fourth-order valence-corrected chi connectivity index (χ4v) is 3.28. The molecule has 0 bridgehead atoms. The molecule has 0 aliphatic carbocycles. The quantitative estimate of drug-likeness (QED) is 0.847. The highest BCUT2D eigenvalue weighted by Crippen LogP contribution is 2.55. The summed E-state index contributed by atoms with van der Waals surface area (Å²) in [6.07, 6.45) is -0.315. The number of aromatic hydroxyl groups is 2. The van der Waals surface area contributed by atoms with Crippen molar-refractivity contribution < 1.29 is 24.4 Å². The van der Waals surface area contributed by atoms with E-state index in [0.29, 0.717) is 35.0 Å². The van der Waals surface area contributed by atoms with Gasteiger partial charge in [-0.2, -0.15) is 0 Å². The molecule has 0 aromatic heterocycles. The van der Waals surface area contributed by atoms with Crippen molar-refractivity contribution in [3.8, 4) is 28.7 Å². The Balaban J connectivity index is 1.85. The maximum absolute atomic E-state index is 10.5. The first kappa shape index (κ1) is 13.1. The van der Waals surface area contributed by atoms with Crippen LogP contribution in [0.1, 0.15) is 28.7 Å². The summed E-state index contributed by atoms with van der Waals surface area (Å²) in [5.41, 5.74) is 2.29. The lowest BCUT2D eigenvalue weighted by molar-refractivity contribution is 0.135. The van der Waals surface area contributed by atoms with E-state index >= 15 is 0 Å². The van der Waals surface area contributed by atoms with Gasteiger partial charge >= 0.3 is 0 Å². The first-order valence-corrected chi connectivity index (χ1v) is 7.13. The Bertz CT molecular complexity index is 768. The molecule has 0 saturated carbocycles. The van der Waals surface area contributed by atoms with Crippen LogP contribution >= 0.6 is 0 Å².